The molecular weight excluding hydrogens is 148 g/mol. The Balaban J connectivity index is 2.54. The molecule has 0 radical (unpaired) electrons. The Hall–Kier alpha value is -1.44. The molecule has 0 spiro atoms. The second-order valence-corrected chi connectivity index (χ2v) is 3.09. The van der Waals surface area contributed by atoms with Crippen LogP contribution in [0, 0.1) is 13.8 Å². The van der Waals surface area contributed by atoms with E-state index in [4.69, 9.17) is 0 Å². The van der Waals surface area contributed by atoms with Crippen LogP contribution < -0.4 is 0 Å². The lowest BCUT2D eigenvalue weighted by Gasteiger charge is -1.92. The molecule has 2 N–H and O–H groups in total. The lowest BCUT2D eigenvalue weighted by molar-refractivity contribution is 1.19. The molecule has 0 unspecified atom stereocenters. The van der Waals surface area contributed by atoms with Crippen LogP contribution in [0.15, 0.2) is 24.5 Å². The lowest BCUT2D eigenvalue weighted by Crippen LogP contribution is -1.74. The van der Waals surface area contributed by atoms with Gasteiger partial charge in [-0.1, -0.05) is 0 Å². The highest BCUT2D eigenvalue weighted by Gasteiger charge is 2.03. The smallest absolute Gasteiger partial charge is 0.0197 e. The first kappa shape index (κ1) is 7.22. The van der Waals surface area contributed by atoms with Gasteiger partial charge in [-0.3, -0.25) is 0 Å². The van der Waals surface area contributed by atoms with Gasteiger partial charge in [-0.2, -0.15) is 0 Å². The number of aromatic nitrogens is 2. The number of aryl methyl sites for hydroxylation is 2. The van der Waals surface area contributed by atoms with Gasteiger partial charge in [-0.15, -0.1) is 0 Å². The molecular formula is C10H12N2. The van der Waals surface area contributed by atoms with Crippen molar-refractivity contribution in [2.45, 2.75) is 13.8 Å². The number of H-pyrrole nitrogens is 2. The maximum absolute atomic E-state index is 3.28. The molecule has 2 nitrogen and oxygen atoms in total. The predicted molar refractivity (Wildman–Crippen MR) is 50.1 cm³/mol. The van der Waals surface area contributed by atoms with Crippen LogP contribution in [0.4, 0.5) is 0 Å². The number of hydrogen-bond donors (Lipinski definition) is 2. The largest absolute Gasteiger partial charge is 0.367 e. The Labute approximate surface area is 71.6 Å². The van der Waals surface area contributed by atoms with E-state index in [2.05, 4.69) is 35.9 Å². The molecule has 0 bridgehead atoms. The van der Waals surface area contributed by atoms with Crippen molar-refractivity contribution >= 4 is 0 Å². The molecule has 0 atom stereocenters. The minimum absolute atomic E-state index is 1.21. The van der Waals surface area contributed by atoms with Gasteiger partial charge in [-0.05, 0) is 26.0 Å². The minimum Gasteiger partial charge on any atom is -0.367 e. The van der Waals surface area contributed by atoms with E-state index in [1.165, 1.54) is 22.5 Å². The van der Waals surface area contributed by atoms with Crippen LogP contribution in [0.25, 0.3) is 11.1 Å². The Kier molecular flexibility index (Phi) is 1.54. The van der Waals surface area contributed by atoms with Gasteiger partial charge < -0.3 is 9.97 Å². The summed E-state index contributed by atoms with van der Waals surface area (Å²) in [7, 11) is 0. The summed E-state index contributed by atoms with van der Waals surface area (Å²) in [5, 5.41) is 0. The monoisotopic (exact) mass is 160 g/mol. The number of aromatic amines is 2. The molecule has 0 amide bonds. The summed E-state index contributed by atoms with van der Waals surface area (Å²) in [4.78, 5) is 6.33. The molecule has 0 fully saturated rings. The van der Waals surface area contributed by atoms with Gasteiger partial charge in [-0.25, -0.2) is 0 Å². The summed E-state index contributed by atoms with van der Waals surface area (Å²) in [5.41, 5.74) is 4.97. The fourth-order valence-corrected chi connectivity index (χ4v) is 1.52. The van der Waals surface area contributed by atoms with Gasteiger partial charge >= 0.3 is 0 Å². The predicted octanol–water partition coefficient (Wildman–Crippen LogP) is 2.63. The van der Waals surface area contributed by atoms with E-state index in [1.54, 1.807) is 0 Å². The van der Waals surface area contributed by atoms with E-state index in [0.29, 0.717) is 0 Å². The topological polar surface area (TPSA) is 31.6 Å². The lowest BCUT2D eigenvalue weighted by atomic mass is 10.1. The summed E-state index contributed by atoms with van der Waals surface area (Å²) in [6, 6.07) is 4.24. The number of rotatable bonds is 1. The Bertz CT molecular complexity index is 368. The van der Waals surface area contributed by atoms with Crippen molar-refractivity contribution in [3.05, 3.63) is 35.9 Å². The summed E-state index contributed by atoms with van der Waals surface area (Å²) < 4.78 is 0. The molecule has 2 rings (SSSR count). The molecule has 0 aliphatic rings. The highest BCUT2D eigenvalue weighted by atomic mass is 14.7. The first-order valence-electron chi connectivity index (χ1n) is 4.07. The van der Waals surface area contributed by atoms with Crippen LogP contribution in [0.3, 0.4) is 0 Å². The Morgan fingerprint density at radius 3 is 2.58 bits per heavy atom. The van der Waals surface area contributed by atoms with E-state index >= 15 is 0 Å². The van der Waals surface area contributed by atoms with E-state index < -0.39 is 0 Å². The van der Waals surface area contributed by atoms with Crippen LogP contribution in [0.5, 0.6) is 0 Å². The van der Waals surface area contributed by atoms with Crippen molar-refractivity contribution in [3.63, 3.8) is 0 Å². The Morgan fingerprint density at radius 1 is 1.25 bits per heavy atom. The summed E-state index contributed by atoms with van der Waals surface area (Å²) in [5.74, 6) is 0. The third-order valence-electron chi connectivity index (χ3n) is 2.06. The van der Waals surface area contributed by atoms with Gasteiger partial charge in [0.15, 0.2) is 0 Å². The van der Waals surface area contributed by atoms with Crippen molar-refractivity contribution in [3.8, 4) is 11.1 Å². The van der Waals surface area contributed by atoms with Gasteiger partial charge in [0, 0.05) is 34.9 Å². The van der Waals surface area contributed by atoms with E-state index in [1.807, 2.05) is 12.4 Å². The van der Waals surface area contributed by atoms with Crippen LogP contribution in [-0.2, 0) is 0 Å². The first-order chi connectivity index (χ1) is 5.77. The van der Waals surface area contributed by atoms with E-state index in [9.17, 15) is 0 Å². The molecule has 2 heteroatoms. The van der Waals surface area contributed by atoms with Crippen molar-refractivity contribution in [1.82, 2.24) is 9.97 Å². The zero-order valence-electron chi connectivity index (χ0n) is 7.31. The maximum Gasteiger partial charge on any atom is 0.0197 e. The number of hydrogen-bond acceptors (Lipinski definition) is 0. The quantitative estimate of drug-likeness (QED) is 0.642. The fourth-order valence-electron chi connectivity index (χ4n) is 1.52. The summed E-state index contributed by atoms with van der Waals surface area (Å²) in [6.45, 7) is 4.17. The van der Waals surface area contributed by atoms with Crippen molar-refractivity contribution in [1.29, 1.82) is 0 Å². The number of nitrogens with one attached hydrogen (secondary N) is 2. The van der Waals surface area contributed by atoms with Crippen LogP contribution in [0.1, 0.15) is 11.4 Å². The molecule has 0 aliphatic heterocycles. The molecule has 0 aromatic carbocycles. The standard InChI is InChI=1S/C10H12N2/c1-7-5-10(8(2)12-7)9-3-4-11-6-9/h3-6,11-12H,1-2H3. The molecule has 0 saturated heterocycles. The average Bonchev–Trinajstić information content (AvgIpc) is 2.58. The molecule has 62 valence electrons. The third kappa shape index (κ3) is 1.05. The zero-order valence-corrected chi connectivity index (χ0v) is 7.31. The summed E-state index contributed by atoms with van der Waals surface area (Å²) in [6.07, 6.45) is 3.95. The molecule has 2 aromatic rings. The fraction of sp³-hybridized carbons (Fsp3) is 0.200. The van der Waals surface area contributed by atoms with Crippen LogP contribution >= 0.6 is 0 Å². The third-order valence-corrected chi connectivity index (χ3v) is 2.06. The molecule has 2 heterocycles. The van der Waals surface area contributed by atoms with Crippen molar-refractivity contribution in [2.75, 3.05) is 0 Å². The zero-order chi connectivity index (χ0) is 8.55. The van der Waals surface area contributed by atoms with Crippen molar-refractivity contribution < 1.29 is 0 Å². The van der Waals surface area contributed by atoms with Gasteiger partial charge in [0.25, 0.3) is 0 Å². The van der Waals surface area contributed by atoms with Crippen LogP contribution in [0.2, 0.25) is 0 Å². The van der Waals surface area contributed by atoms with Crippen LogP contribution in [-0.4, -0.2) is 9.97 Å². The summed E-state index contributed by atoms with van der Waals surface area (Å²) >= 11 is 0. The highest BCUT2D eigenvalue weighted by Crippen LogP contribution is 2.23. The molecule has 12 heavy (non-hydrogen) atoms. The average molecular weight is 160 g/mol. The second kappa shape index (κ2) is 2.55. The molecule has 2 aromatic heterocycles. The minimum atomic E-state index is 1.21. The van der Waals surface area contributed by atoms with Crippen molar-refractivity contribution in [2.24, 2.45) is 0 Å². The van der Waals surface area contributed by atoms with E-state index in [-0.39, 0.29) is 0 Å². The Morgan fingerprint density at radius 2 is 2.08 bits per heavy atom. The van der Waals surface area contributed by atoms with Gasteiger partial charge in [0.05, 0.1) is 0 Å². The van der Waals surface area contributed by atoms with E-state index in [0.717, 1.165) is 0 Å². The normalized spacial score (nSPS) is 10.5. The second-order valence-electron chi connectivity index (χ2n) is 3.09. The molecule has 0 saturated carbocycles. The van der Waals surface area contributed by atoms with Gasteiger partial charge in [0.2, 0.25) is 0 Å². The van der Waals surface area contributed by atoms with Gasteiger partial charge in [0.1, 0.15) is 0 Å². The first-order valence-corrected chi connectivity index (χ1v) is 4.07. The highest BCUT2D eigenvalue weighted by molar-refractivity contribution is 5.66. The maximum atomic E-state index is 3.28. The molecule has 0 aliphatic carbocycles. The SMILES string of the molecule is Cc1cc(-c2cc[nH]c2)c(C)[nH]1.